The highest BCUT2D eigenvalue weighted by Crippen LogP contribution is 2.37. The van der Waals surface area contributed by atoms with Gasteiger partial charge in [0.15, 0.2) is 6.10 Å². The first-order chi connectivity index (χ1) is 17.5. The van der Waals surface area contributed by atoms with Crippen LogP contribution in [0.4, 0.5) is 5.69 Å². The highest BCUT2D eigenvalue weighted by molar-refractivity contribution is 7.10. The Kier molecular flexibility index (Phi) is 6.61. The number of aromatic nitrogens is 1. The number of hydrogen-bond acceptors (Lipinski definition) is 6. The number of thiophene rings is 1. The predicted octanol–water partition coefficient (Wildman–Crippen LogP) is 6.23. The summed E-state index contributed by atoms with van der Waals surface area (Å²) in [6.07, 6.45) is 3.56. The van der Waals surface area contributed by atoms with Crippen LogP contribution in [0.25, 0.3) is 22.6 Å². The van der Waals surface area contributed by atoms with Crippen LogP contribution in [0.2, 0.25) is 0 Å². The molecule has 0 radical (unpaired) electrons. The van der Waals surface area contributed by atoms with Crippen LogP contribution in [-0.4, -0.2) is 23.0 Å². The molecule has 1 aliphatic rings. The second-order valence-corrected chi connectivity index (χ2v) is 9.54. The number of nitriles is 1. The first-order valence-corrected chi connectivity index (χ1v) is 12.6. The smallest absolute Gasteiger partial charge is 0.339 e. The lowest BCUT2D eigenvalue weighted by Crippen LogP contribution is -2.31. The van der Waals surface area contributed by atoms with E-state index in [2.05, 4.69) is 17.5 Å². The van der Waals surface area contributed by atoms with Crippen molar-refractivity contribution in [3.8, 4) is 6.07 Å². The molecule has 0 bridgehead atoms. The second kappa shape index (κ2) is 10.1. The SMILES string of the molecule is CC(OC(=O)c1c2c(nc3ccccc13)C(=Cc1cccs1)CCC2)C(=O)Nc1ccccc1C#N. The van der Waals surface area contributed by atoms with Crippen molar-refractivity contribution < 1.29 is 14.3 Å². The molecule has 2 aromatic carbocycles. The zero-order valence-corrected chi connectivity index (χ0v) is 20.5. The van der Waals surface area contributed by atoms with Crippen molar-refractivity contribution in [2.75, 3.05) is 5.32 Å². The number of carbonyl (C=O) groups is 2. The maximum atomic E-state index is 13.5. The molecular formula is C29H23N3O3S. The summed E-state index contributed by atoms with van der Waals surface area (Å²) >= 11 is 1.66. The Hall–Kier alpha value is -4.28. The molecular weight excluding hydrogens is 470 g/mol. The van der Waals surface area contributed by atoms with E-state index in [1.807, 2.05) is 41.8 Å². The van der Waals surface area contributed by atoms with Crippen LogP contribution >= 0.6 is 11.3 Å². The Morgan fingerprint density at radius 2 is 1.92 bits per heavy atom. The lowest BCUT2D eigenvalue weighted by Gasteiger charge is -2.23. The van der Waals surface area contributed by atoms with Gasteiger partial charge in [0.1, 0.15) is 6.07 Å². The number of nitrogens with one attached hydrogen (secondary N) is 1. The average molecular weight is 494 g/mol. The maximum absolute atomic E-state index is 13.5. The number of anilines is 1. The van der Waals surface area contributed by atoms with Gasteiger partial charge < -0.3 is 10.1 Å². The van der Waals surface area contributed by atoms with E-state index in [0.717, 1.165) is 34.5 Å². The van der Waals surface area contributed by atoms with Crippen LogP contribution < -0.4 is 5.32 Å². The summed E-state index contributed by atoms with van der Waals surface area (Å²) in [5.41, 5.74) is 4.66. The summed E-state index contributed by atoms with van der Waals surface area (Å²) in [6.45, 7) is 1.53. The first-order valence-electron chi connectivity index (χ1n) is 11.7. The van der Waals surface area contributed by atoms with E-state index >= 15 is 0 Å². The average Bonchev–Trinajstić information content (AvgIpc) is 3.41. The van der Waals surface area contributed by atoms with Gasteiger partial charge in [0.05, 0.1) is 28.0 Å². The maximum Gasteiger partial charge on any atom is 0.339 e. The normalized spacial score (nSPS) is 14.6. The highest BCUT2D eigenvalue weighted by Gasteiger charge is 2.28. The Labute approximate surface area is 212 Å². The zero-order chi connectivity index (χ0) is 25.1. The Bertz CT molecular complexity index is 1530. The van der Waals surface area contributed by atoms with Gasteiger partial charge >= 0.3 is 5.97 Å². The number of rotatable bonds is 5. The van der Waals surface area contributed by atoms with E-state index in [9.17, 15) is 14.9 Å². The monoisotopic (exact) mass is 493 g/mol. The number of amides is 1. The van der Waals surface area contributed by atoms with Crippen molar-refractivity contribution in [3.05, 3.63) is 93.3 Å². The van der Waals surface area contributed by atoms with Crippen LogP contribution in [0.5, 0.6) is 0 Å². The molecule has 178 valence electrons. The molecule has 1 N–H and O–H groups in total. The largest absolute Gasteiger partial charge is 0.449 e. The Morgan fingerprint density at radius 1 is 1.11 bits per heavy atom. The van der Waals surface area contributed by atoms with E-state index in [0.29, 0.717) is 34.1 Å². The number of ether oxygens (including phenoxy) is 1. The first kappa shape index (κ1) is 23.5. The molecule has 5 rings (SSSR count). The summed E-state index contributed by atoms with van der Waals surface area (Å²) in [4.78, 5) is 32.4. The molecule has 6 nitrogen and oxygen atoms in total. The summed E-state index contributed by atoms with van der Waals surface area (Å²) in [5, 5.41) is 14.7. The summed E-state index contributed by atoms with van der Waals surface area (Å²) in [6, 6.07) is 20.3. The van der Waals surface area contributed by atoms with Crippen molar-refractivity contribution in [2.24, 2.45) is 0 Å². The summed E-state index contributed by atoms with van der Waals surface area (Å²) in [5.74, 6) is -1.06. The third kappa shape index (κ3) is 4.64. The van der Waals surface area contributed by atoms with Crippen molar-refractivity contribution in [1.82, 2.24) is 4.98 Å². The molecule has 1 amide bonds. The van der Waals surface area contributed by atoms with Gasteiger partial charge in [0.2, 0.25) is 0 Å². The predicted molar refractivity (Wildman–Crippen MR) is 142 cm³/mol. The molecule has 0 fully saturated rings. The number of carbonyl (C=O) groups excluding carboxylic acids is 2. The van der Waals surface area contributed by atoms with Gasteiger partial charge in [0.25, 0.3) is 5.91 Å². The molecule has 7 heteroatoms. The molecule has 0 spiro atoms. The molecule has 1 aliphatic carbocycles. The number of esters is 1. The molecule has 2 heterocycles. The van der Waals surface area contributed by atoms with Gasteiger partial charge in [-0.3, -0.25) is 4.79 Å². The fourth-order valence-electron chi connectivity index (χ4n) is 4.45. The number of hydrogen-bond donors (Lipinski definition) is 1. The lowest BCUT2D eigenvalue weighted by atomic mass is 9.86. The van der Waals surface area contributed by atoms with Crippen molar-refractivity contribution in [2.45, 2.75) is 32.3 Å². The molecule has 0 saturated carbocycles. The van der Waals surface area contributed by atoms with Gasteiger partial charge in [-0.1, -0.05) is 36.4 Å². The van der Waals surface area contributed by atoms with E-state index in [1.165, 1.54) is 6.92 Å². The fraction of sp³-hybridized carbons (Fsp3) is 0.172. The molecule has 0 saturated heterocycles. The lowest BCUT2D eigenvalue weighted by molar-refractivity contribution is -0.123. The van der Waals surface area contributed by atoms with Crippen LogP contribution in [0.1, 0.15) is 51.8 Å². The number of pyridine rings is 1. The molecule has 2 aromatic heterocycles. The van der Waals surface area contributed by atoms with Crippen molar-refractivity contribution in [3.63, 3.8) is 0 Å². The molecule has 1 unspecified atom stereocenters. The standard InChI is InChI=1S/C29H23N3O3S/c1-18(28(33)32-24-13-4-2-8-20(24)17-30)35-29(34)26-22-11-3-5-14-25(22)31-27-19(9-6-12-23(26)27)16-21-10-7-15-36-21/h2-5,7-8,10-11,13-16,18H,6,9,12H2,1H3,(H,32,33). The van der Waals surface area contributed by atoms with Crippen LogP contribution in [0.3, 0.4) is 0 Å². The third-order valence-electron chi connectivity index (χ3n) is 6.19. The van der Waals surface area contributed by atoms with Gasteiger partial charge in [-0.05, 0) is 73.0 Å². The molecule has 4 aromatic rings. The van der Waals surface area contributed by atoms with Crippen LogP contribution in [0.15, 0.2) is 66.0 Å². The van der Waals surface area contributed by atoms with Crippen LogP contribution in [-0.2, 0) is 16.0 Å². The molecule has 0 aliphatic heterocycles. The zero-order valence-electron chi connectivity index (χ0n) is 19.7. The summed E-state index contributed by atoms with van der Waals surface area (Å²) < 4.78 is 5.68. The quantitative estimate of drug-likeness (QED) is 0.333. The Morgan fingerprint density at radius 3 is 2.72 bits per heavy atom. The molecule has 36 heavy (non-hydrogen) atoms. The number of fused-ring (bicyclic) bond motifs is 2. The topological polar surface area (TPSA) is 92.1 Å². The minimum Gasteiger partial charge on any atom is -0.449 e. The van der Waals surface area contributed by atoms with E-state index in [1.54, 1.807) is 35.6 Å². The van der Waals surface area contributed by atoms with E-state index in [4.69, 9.17) is 9.72 Å². The van der Waals surface area contributed by atoms with Crippen molar-refractivity contribution >= 4 is 51.5 Å². The number of benzene rings is 2. The van der Waals surface area contributed by atoms with Crippen LogP contribution in [0, 0.1) is 11.3 Å². The second-order valence-electron chi connectivity index (χ2n) is 8.56. The van der Waals surface area contributed by atoms with Gasteiger partial charge in [-0.2, -0.15) is 5.26 Å². The fourth-order valence-corrected chi connectivity index (χ4v) is 5.13. The Balaban J connectivity index is 1.48. The summed E-state index contributed by atoms with van der Waals surface area (Å²) in [7, 11) is 0. The number of para-hydroxylation sites is 2. The third-order valence-corrected chi connectivity index (χ3v) is 7.01. The number of nitrogens with zero attached hydrogens (tertiary/aromatic N) is 2. The number of allylic oxidation sites excluding steroid dienone is 1. The van der Waals surface area contributed by atoms with Crippen molar-refractivity contribution in [1.29, 1.82) is 5.26 Å². The highest BCUT2D eigenvalue weighted by atomic mass is 32.1. The molecule has 1 atom stereocenters. The minimum absolute atomic E-state index is 0.337. The van der Waals surface area contributed by atoms with E-state index in [-0.39, 0.29) is 0 Å². The van der Waals surface area contributed by atoms with E-state index < -0.39 is 18.0 Å². The minimum atomic E-state index is -1.06. The van der Waals surface area contributed by atoms with Gasteiger partial charge in [-0.25, -0.2) is 9.78 Å². The van der Waals surface area contributed by atoms with Gasteiger partial charge in [0, 0.05) is 10.3 Å². The van der Waals surface area contributed by atoms with Gasteiger partial charge in [-0.15, -0.1) is 11.3 Å².